The Morgan fingerprint density at radius 2 is 2.06 bits per heavy atom. The van der Waals surface area contributed by atoms with E-state index in [1.807, 2.05) is 30.3 Å². The molecule has 18 heavy (non-hydrogen) atoms. The lowest BCUT2D eigenvalue weighted by atomic mass is 9.98. The molecular weight excluding hydrogens is 226 g/mol. The van der Waals surface area contributed by atoms with E-state index in [9.17, 15) is 0 Å². The van der Waals surface area contributed by atoms with Crippen LogP contribution in [-0.4, -0.2) is 32.4 Å². The molecule has 1 saturated heterocycles. The van der Waals surface area contributed by atoms with Gasteiger partial charge in [-0.05, 0) is 25.0 Å². The molecule has 1 aromatic carbocycles. The Labute approximate surface area is 109 Å². The quantitative estimate of drug-likeness (QED) is 0.840. The van der Waals surface area contributed by atoms with Crippen molar-refractivity contribution in [3.05, 3.63) is 30.3 Å². The minimum atomic E-state index is 0.350. The lowest BCUT2D eigenvalue weighted by molar-refractivity contribution is 0.0155. The third-order valence-electron chi connectivity index (χ3n) is 3.19. The molecule has 100 valence electrons. The summed E-state index contributed by atoms with van der Waals surface area (Å²) in [6.45, 7) is 5.77. The second kappa shape index (κ2) is 7.39. The molecule has 0 radical (unpaired) electrons. The molecule has 0 amide bonds. The first-order valence-electron chi connectivity index (χ1n) is 6.88. The monoisotopic (exact) mass is 249 g/mol. The van der Waals surface area contributed by atoms with Gasteiger partial charge in [0.05, 0.1) is 12.7 Å². The van der Waals surface area contributed by atoms with Crippen molar-refractivity contribution in [1.29, 1.82) is 0 Å². The van der Waals surface area contributed by atoms with Gasteiger partial charge in [-0.3, -0.25) is 0 Å². The Hall–Kier alpha value is -1.06. The maximum absolute atomic E-state index is 5.80. The first-order valence-corrected chi connectivity index (χ1v) is 6.88. The number of ether oxygens (including phenoxy) is 2. The van der Waals surface area contributed by atoms with Crippen molar-refractivity contribution in [2.45, 2.75) is 25.9 Å². The zero-order valence-corrected chi connectivity index (χ0v) is 11.1. The van der Waals surface area contributed by atoms with E-state index >= 15 is 0 Å². The van der Waals surface area contributed by atoms with Crippen molar-refractivity contribution in [1.82, 2.24) is 5.32 Å². The Morgan fingerprint density at radius 1 is 1.22 bits per heavy atom. The molecule has 1 aliphatic rings. The van der Waals surface area contributed by atoms with Crippen molar-refractivity contribution in [2.24, 2.45) is 5.92 Å². The zero-order chi connectivity index (χ0) is 12.6. The Kier molecular flexibility index (Phi) is 5.49. The van der Waals surface area contributed by atoms with Crippen LogP contribution in [-0.2, 0) is 4.74 Å². The third kappa shape index (κ3) is 4.31. The number of hydrogen-bond acceptors (Lipinski definition) is 3. The number of rotatable bonds is 6. The minimum absolute atomic E-state index is 0.350. The Bertz CT molecular complexity index is 329. The van der Waals surface area contributed by atoms with Crippen molar-refractivity contribution < 1.29 is 9.47 Å². The van der Waals surface area contributed by atoms with E-state index in [4.69, 9.17) is 9.47 Å². The normalized spacial score (nSPS) is 23.8. The summed E-state index contributed by atoms with van der Waals surface area (Å²) < 4.78 is 11.6. The van der Waals surface area contributed by atoms with Gasteiger partial charge < -0.3 is 14.8 Å². The summed E-state index contributed by atoms with van der Waals surface area (Å²) in [6, 6.07) is 10.0. The number of piperidine rings is 1. The summed E-state index contributed by atoms with van der Waals surface area (Å²) >= 11 is 0. The van der Waals surface area contributed by atoms with Gasteiger partial charge in [-0.25, -0.2) is 0 Å². The first kappa shape index (κ1) is 13.4. The van der Waals surface area contributed by atoms with Crippen LogP contribution in [0.25, 0.3) is 0 Å². The topological polar surface area (TPSA) is 30.5 Å². The summed E-state index contributed by atoms with van der Waals surface area (Å²) in [5, 5.41) is 3.43. The molecule has 0 aliphatic carbocycles. The number of nitrogens with one attached hydrogen (secondary N) is 1. The van der Waals surface area contributed by atoms with Crippen molar-refractivity contribution in [3.63, 3.8) is 0 Å². The van der Waals surface area contributed by atoms with Crippen LogP contribution in [0.3, 0.4) is 0 Å². The van der Waals surface area contributed by atoms with E-state index in [0.717, 1.165) is 44.9 Å². The molecule has 1 aromatic rings. The van der Waals surface area contributed by atoms with E-state index < -0.39 is 0 Å². The number of hydrogen-bond donors (Lipinski definition) is 1. The fourth-order valence-corrected chi connectivity index (χ4v) is 2.26. The van der Waals surface area contributed by atoms with Crippen LogP contribution in [0.5, 0.6) is 5.75 Å². The average Bonchev–Trinajstić information content (AvgIpc) is 2.44. The van der Waals surface area contributed by atoms with E-state index in [-0.39, 0.29) is 0 Å². The van der Waals surface area contributed by atoms with Gasteiger partial charge in [0.25, 0.3) is 0 Å². The van der Waals surface area contributed by atoms with Crippen LogP contribution in [0.1, 0.15) is 19.8 Å². The molecule has 3 nitrogen and oxygen atoms in total. The Balaban J connectivity index is 1.72. The van der Waals surface area contributed by atoms with Gasteiger partial charge in [-0.2, -0.15) is 0 Å². The highest BCUT2D eigenvalue weighted by molar-refractivity contribution is 5.20. The second-order valence-corrected chi connectivity index (χ2v) is 4.88. The molecule has 0 bridgehead atoms. The van der Waals surface area contributed by atoms with Crippen molar-refractivity contribution >= 4 is 0 Å². The molecule has 1 N–H and O–H groups in total. The SMILES string of the molecule is CCCO[C@H]1CNC[C@H](COc2ccccc2)C1. The molecule has 0 aromatic heterocycles. The maximum Gasteiger partial charge on any atom is 0.119 e. The summed E-state index contributed by atoms with van der Waals surface area (Å²) in [6.07, 6.45) is 2.53. The number of para-hydroxylation sites is 1. The van der Waals surface area contributed by atoms with Crippen LogP contribution in [0.15, 0.2) is 30.3 Å². The molecule has 2 rings (SSSR count). The average molecular weight is 249 g/mol. The van der Waals surface area contributed by atoms with Gasteiger partial charge >= 0.3 is 0 Å². The summed E-state index contributed by atoms with van der Waals surface area (Å²) in [7, 11) is 0. The van der Waals surface area contributed by atoms with E-state index in [1.165, 1.54) is 0 Å². The fourth-order valence-electron chi connectivity index (χ4n) is 2.26. The van der Waals surface area contributed by atoms with Gasteiger partial charge in [0.15, 0.2) is 0 Å². The van der Waals surface area contributed by atoms with Crippen LogP contribution in [0.4, 0.5) is 0 Å². The summed E-state index contributed by atoms with van der Waals surface area (Å²) in [5.41, 5.74) is 0. The van der Waals surface area contributed by atoms with Crippen LogP contribution in [0.2, 0.25) is 0 Å². The highest BCUT2D eigenvalue weighted by atomic mass is 16.5. The van der Waals surface area contributed by atoms with Gasteiger partial charge in [0.2, 0.25) is 0 Å². The highest BCUT2D eigenvalue weighted by Crippen LogP contribution is 2.16. The standard InChI is InChI=1S/C15H23NO2/c1-2-8-17-15-9-13(10-16-11-15)12-18-14-6-4-3-5-7-14/h3-7,13,15-16H,2,8-12H2,1H3/t13-,15-/m1/s1. The molecule has 2 atom stereocenters. The third-order valence-corrected chi connectivity index (χ3v) is 3.19. The molecule has 3 heteroatoms. The molecule has 0 saturated carbocycles. The van der Waals surface area contributed by atoms with Crippen molar-refractivity contribution in [3.8, 4) is 5.75 Å². The van der Waals surface area contributed by atoms with E-state index in [2.05, 4.69) is 12.2 Å². The van der Waals surface area contributed by atoms with Gasteiger partial charge in [-0.15, -0.1) is 0 Å². The summed E-state index contributed by atoms with van der Waals surface area (Å²) in [4.78, 5) is 0. The van der Waals surface area contributed by atoms with E-state index in [1.54, 1.807) is 0 Å². The molecule has 1 fully saturated rings. The summed E-state index contributed by atoms with van der Waals surface area (Å²) in [5.74, 6) is 1.50. The molecular formula is C15H23NO2. The van der Waals surface area contributed by atoms with Gasteiger partial charge in [-0.1, -0.05) is 25.1 Å². The van der Waals surface area contributed by atoms with E-state index in [0.29, 0.717) is 12.0 Å². The largest absolute Gasteiger partial charge is 0.493 e. The fraction of sp³-hybridized carbons (Fsp3) is 0.600. The highest BCUT2D eigenvalue weighted by Gasteiger charge is 2.22. The zero-order valence-electron chi connectivity index (χ0n) is 11.1. The minimum Gasteiger partial charge on any atom is -0.493 e. The van der Waals surface area contributed by atoms with Crippen molar-refractivity contribution in [2.75, 3.05) is 26.3 Å². The van der Waals surface area contributed by atoms with Gasteiger partial charge in [0, 0.05) is 25.6 Å². The predicted octanol–water partition coefficient (Wildman–Crippen LogP) is 2.47. The first-order chi connectivity index (χ1) is 8.88. The maximum atomic E-state index is 5.80. The van der Waals surface area contributed by atoms with Crippen LogP contribution in [0, 0.1) is 5.92 Å². The Morgan fingerprint density at radius 3 is 2.83 bits per heavy atom. The van der Waals surface area contributed by atoms with Crippen LogP contribution < -0.4 is 10.1 Å². The molecule has 1 heterocycles. The molecule has 1 aliphatic heterocycles. The lowest BCUT2D eigenvalue weighted by Crippen LogP contribution is -2.42. The number of benzene rings is 1. The molecule has 0 unspecified atom stereocenters. The van der Waals surface area contributed by atoms with Gasteiger partial charge in [0.1, 0.15) is 5.75 Å². The predicted molar refractivity (Wildman–Crippen MR) is 72.9 cm³/mol. The smallest absolute Gasteiger partial charge is 0.119 e. The second-order valence-electron chi connectivity index (χ2n) is 4.88. The van der Waals surface area contributed by atoms with Crippen LogP contribution >= 0.6 is 0 Å². The molecule has 0 spiro atoms. The lowest BCUT2D eigenvalue weighted by Gasteiger charge is -2.29.